The summed E-state index contributed by atoms with van der Waals surface area (Å²) in [4.78, 5) is 23.5. The number of rotatable bonds is 4. The number of ether oxygens (including phenoxy) is 1. The molecular formula is C19H21F2N5O2. The molecule has 0 bridgehead atoms. The Bertz CT molecular complexity index is 1070. The average Bonchev–Trinajstić information content (AvgIpc) is 3.04. The number of halogens is 2. The van der Waals surface area contributed by atoms with Crippen molar-refractivity contribution in [3.05, 3.63) is 57.3 Å². The van der Waals surface area contributed by atoms with Gasteiger partial charge >= 0.3 is 0 Å². The Hall–Kier alpha value is -2.81. The Morgan fingerprint density at radius 3 is 2.64 bits per heavy atom. The van der Waals surface area contributed by atoms with Crippen LogP contribution in [0.5, 0.6) is 0 Å². The Balaban J connectivity index is 1.42. The molecule has 28 heavy (non-hydrogen) atoms. The molecule has 7 nitrogen and oxygen atoms in total. The smallest absolute Gasteiger partial charge is 0.297 e. The lowest BCUT2D eigenvalue weighted by atomic mass is 10.1. The zero-order valence-electron chi connectivity index (χ0n) is 15.7. The van der Waals surface area contributed by atoms with Gasteiger partial charge in [0.1, 0.15) is 11.5 Å². The molecule has 1 aliphatic rings. The van der Waals surface area contributed by atoms with Crippen molar-refractivity contribution >= 4 is 11.5 Å². The van der Waals surface area contributed by atoms with Gasteiger partial charge in [-0.2, -0.15) is 9.50 Å². The third kappa shape index (κ3) is 3.49. The zero-order valence-corrected chi connectivity index (χ0v) is 15.7. The number of hydrogen-bond acceptors (Lipinski definition) is 5. The Morgan fingerprint density at radius 2 is 1.93 bits per heavy atom. The number of H-pyrrole nitrogens is 1. The van der Waals surface area contributed by atoms with Crippen LogP contribution in [0.25, 0.3) is 5.78 Å². The summed E-state index contributed by atoms with van der Waals surface area (Å²) >= 11 is 0. The number of aromatic nitrogens is 4. The van der Waals surface area contributed by atoms with E-state index in [9.17, 15) is 13.6 Å². The summed E-state index contributed by atoms with van der Waals surface area (Å²) < 4.78 is 33.5. The molecule has 0 aliphatic carbocycles. The maximum atomic E-state index is 13.3. The Kier molecular flexibility index (Phi) is 4.84. The molecule has 1 saturated heterocycles. The van der Waals surface area contributed by atoms with Crippen LogP contribution < -0.4 is 10.5 Å². The summed E-state index contributed by atoms with van der Waals surface area (Å²) in [7, 11) is 0. The number of aromatic amines is 1. The van der Waals surface area contributed by atoms with Crippen molar-refractivity contribution in [3.63, 3.8) is 0 Å². The Labute approximate surface area is 160 Å². The van der Waals surface area contributed by atoms with Crippen LogP contribution in [0.15, 0.2) is 23.0 Å². The number of nitrogens with zero attached hydrogens (tertiary/aromatic N) is 4. The second-order valence-electron chi connectivity index (χ2n) is 7.04. The van der Waals surface area contributed by atoms with Crippen LogP contribution in [-0.2, 0) is 11.3 Å². The highest BCUT2D eigenvalue weighted by atomic mass is 19.2. The molecule has 4 rings (SSSR count). The first-order valence-electron chi connectivity index (χ1n) is 9.19. The van der Waals surface area contributed by atoms with E-state index in [1.165, 1.54) is 10.6 Å². The fraction of sp³-hybridized carbons (Fsp3) is 0.421. The van der Waals surface area contributed by atoms with Gasteiger partial charge in [-0.15, -0.1) is 0 Å². The molecule has 0 atom stereocenters. The number of piperidine rings is 1. The molecule has 9 heteroatoms. The monoisotopic (exact) mass is 389 g/mol. The summed E-state index contributed by atoms with van der Waals surface area (Å²) in [5.41, 5.74) is 1.65. The maximum absolute atomic E-state index is 13.3. The first-order chi connectivity index (χ1) is 13.4. The van der Waals surface area contributed by atoms with E-state index >= 15 is 0 Å². The predicted octanol–water partition coefficient (Wildman–Crippen LogP) is 2.50. The van der Waals surface area contributed by atoms with Crippen molar-refractivity contribution in [2.45, 2.75) is 39.4 Å². The minimum atomic E-state index is -0.871. The summed E-state index contributed by atoms with van der Waals surface area (Å²) in [6.45, 7) is 5.12. The van der Waals surface area contributed by atoms with Crippen molar-refractivity contribution in [1.82, 2.24) is 19.6 Å². The fourth-order valence-electron chi connectivity index (χ4n) is 3.57. The molecule has 2 aromatic heterocycles. The van der Waals surface area contributed by atoms with Crippen molar-refractivity contribution in [2.24, 2.45) is 0 Å². The van der Waals surface area contributed by atoms with Gasteiger partial charge in [0.2, 0.25) is 0 Å². The quantitative estimate of drug-likeness (QED) is 0.742. The number of nitrogens with one attached hydrogen (secondary N) is 1. The third-order valence-corrected chi connectivity index (χ3v) is 4.99. The van der Waals surface area contributed by atoms with Gasteiger partial charge in [0.15, 0.2) is 11.6 Å². The van der Waals surface area contributed by atoms with E-state index in [4.69, 9.17) is 4.74 Å². The molecule has 3 heterocycles. The van der Waals surface area contributed by atoms with Crippen LogP contribution in [0, 0.1) is 25.5 Å². The zero-order chi connectivity index (χ0) is 19.8. The standard InChI is InChI=1S/C19H21F2N5O2/c1-11-17(18(27)26-19(22-11)23-12(2)24-26)25-7-5-14(6-8-25)28-10-13-3-4-15(20)16(21)9-13/h3-4,9,14H,5-8,10H2,1-2H3,(H,22,23,24). The third-order valence-electron chi connectivity index (χ3n) is 4.99. The van der Waals surface area contributed by atoms with E-state index in [0.717, 1.165) is 25.0 Å². The number of hydrogen-bond donors (Lipinski definition) is 1. The van der Waals surface area contributed by atoms with Gasteiger partial charge in [-0.05, 0) is 44.4 Å². The molecule has 0 amide bonds. The van der Waals surface area contributed by atoms with Gasteiger partial charge in [0, 0.05) is 13.1 Å². The van der Waals surface area contributed by atoms with Crippen LogP contribution in [0.4, 0.5) is 14.5 Å². The number of benzene rings is 1. The highest BCUT2D eigenvalue weighted by Crippen LogP contribution is 2.22. The van der Waals surface area contributed by atoms with Gasteiger partial charge in [-0.3, -0.25) is 9.89 Å². The normalized spacial score (nSPS) is 15.5. The molecule has 1 aromatic carbocycles. The van der Waals surface area contributed by atoms with Crippen molar-refractivity contribution in [2.75, 3.05) is 18.0 Å². The first-order valence-corrected chi connectivity index (χ1v) is 9.19. The SMILES string of the molecule is Cc1nc2nc(C)c(N3CCC(OCc4ccc(F)c(F)c4)CC3)c(=O)n2[nH]1. The van der Waals surface area contributed by atoms with E-state index in [2.05, 4.69) is 15.1 Å². The topological polar surface area (TPSA) is 75.5 Å². The Morgan fingerprint density at radius 1 is 1.18 bits per heavy atom. The van der Waals surface area contributed by atoms with Gasteiger partial charge < -0.3 is 9.64 Å². The van der Waals surface area contributed by atoms with Crippen LogP contribution >= 0.6 is 0 Å². The highest BCUT2D eigenvalue weighted by Gasteiger charge is 2.25. The largest absolute Gasteiger partial charge is 0.373 e. The van der Waals surface area contributed by atoms with Gasteiger partial charge in [-0.1, -0.05) is 6.07 Å². The average molecular weight is 389 g/mol. The molecule has 1 aliphatic heterocycles. The van der Waals surface area contributed by atoms with Crippen LogP contribution in [0.3, 0.4) is 0 Å². The first kappa shape index (κ1) is 18.5. The summed E-state index contributed by atoms with van der Waals surface area (Å²) in [6.07, 6.45) is 1.46. The van der Waals surface area contributed by atoms with Crippen molar-refractivity contribution in [1.29, 1.82) is 0 Å². The second-order valence-corrected chi connectivity index (χ2v) is 7.04. The van der Waals surface area contributed by atoms with Gasteiger partial charge in [0.05, 0.1) is 18.4 Å². The molecule has 1 fully saturated rings. The van der Waals surface area contributed by atoms with Gasteiger partial charge in [-0.25, -0.2) is 13.8 Å². The molecule has 0 saturated carbocycles. The fourth-order valence-corrected chi connectivity index (χ4v) is 3.57. The molecule has 0 unspecified atom stereocenters. The van der Waals surface area contributed by atoms with E-state index in [0.29, 0.717) is 41.6 Å². The van der Waals surface area contributed by atoms with E-state index < -0.39 is 11.6 Å². The number of fused-ring (bicyclic) bond motifs is 1. The number of aryl methyl sites for hydroxylation is 2. The van der Waals surface area contributed by atoms with E-state index in [1.54, 1.807) is 6.92 Å². The molecule has 148 valence electrons. The van der Waals surface area contributed by atoms with Crippen LogP contribution in [0.1, 0.15) is 29.9 Å². The maximum Gasteiger partial charge on any atom is 0.297 e. The molecule has 0 radical (unpaired) electrons. The van der Waals surface area contributed by atoms with Gasteiger partial charge in [0.25, 0.3) is 11.3 Å². The minimum absolute atomic E-state index is 0.00138. The molecular weight excluding hydrogens is 368 g/mol. The summed E-state index contributed by atoms with van der Waals surface area (Å²) in [6, 6.07) is 3.78. The highest BCUT2D eigenvalue weighted by molar-refractivity contribution is 5.52. The molecule has 1 N–H and O–H groups in total. The molecule has 3 aromatic rings. The minimum Gasteiger partial charge on any atom is -0.373 e. The summed E-state index contributed by atoms with van der Waals surface area (Å²) in [5.74, 6) is -0.737. The lowest BCUT2D eigenvalue weighted by Gasteiger charge is -2.33. The molecule has 0 spiro atoms. The van der Waals surface area contributed by atoms with Crippen LogP contribution in [0.2, 0.25) is 0 Å². The summed E-state index contributed by atoms with van der Waals surface area (Å²) in [5, 5.41) is 2.91. The van der Waals surface area contributed by atoms with Crippen molar-refractivity contribution < 1.29 is 13.5 Å². The predicted molar refractivity (Wildman–Crippen MR) is 99.5 cm³/mol. The second kappa shape index (κ2) is 7.31. The van der Waals surface area contributed by atoms with E-state index in [1.807, 2.05) is 11.8 Å². The number of anilines is 1. The lowest BCUT2D eigenvalue weighted by molar-refractivity contribution is 0.0249. The lowest BCUT2D eigenvalue weighted by Crippen LogP contribution is -2.41. The van der Waals surface area contributed by atoms with E-state index in [-0.39, 0.29) is 18.3 Å². The van der Waals surface area contributed by atoms with Crippen molar-refractivity contribution in [3.8, 4) is 0 Å². The van der Waals surface area contributed by atoms with Crippen LogP contribution in [-0.4, -0.2) is 38.8 Å².